The first kappa shape index (κ1) is 10.7. The Balaban J connectivity index is 1.60. The van der Waals surface area contributed by atoms with Crippen LogP contribution >= 0.6 is 15.9 Å². The third-order valence-corrected chi connectivity index (χ3v) is 4.59. The third-order valence-electron chi connectivity index (χ3n) is 4.12. The van der Waals surface area contributed by atoms with Gasteiger partial charge in [-0.05, 0) is 58.7 Å². The SMILES string of the molecule is OC(Cc1ccc(Br)cn1)C1C2CCCC21. The minimum absolute atomic E-state index is 0.177. The van der Waals surface area contributed by atoms with Gasteiger partial charge in [0, 0.05) is 22.8 Å². The first-order chi connectivity index (χ1) is 7.75. The number of aliphatic hydroxyl groups is 1. The molecular formula is C13H16BrNO. The number of halogens is 1. The molecule has 2 saturated carbocycles. The molecule has 0 aliphatic heterocycles. The molecule has 3 atom stereocenters. The van der Waals surface area contributed by atoms with Gasteiger partial charge in [0.2, 0.25) is 0 Å². The topological polar surface area (TPSA) is 33.1 Å². The van der Waals surface area contributed by atoms with Crippen molar-refractivity contribution in [2.75, 3.05) is 0 Å². The van der Waals surface area contributed by atoms with Crippen molar-refractivity contribution in [3.05, 3.63) is 28.5 Å². The highest BCUT2D eigenvalue weighted by Gasteiger charge is 2.55. The van der Waals surface area contributed by atoms with Gasteiger partial charge in [-0.1, -0.05) is 6.42 Å². The highest BCUT2D eigenvalue weighted by Crippen LogP contribution is 2.59. The summed E-state index contributed by atoms with van der Waals surface area (Å²) >= 11 is 3.37. The van der Waals surface area contributed by atoms with Crippen LogP contribution in [0.3, 0.4) is 0 Å². The number of hydrogen-bond acceptors (Lipinski definition) is 2. The Morgan fingerprint density at radius 1 is 1.38 bits per heavy atom. The Kier molecular flexibility index (Phi) is 2.76. The van der Waals surface area contributed by atoms with Crippen LogP contribution in [0.15, 0.2) is 22.8 Å². The maximum atomic E-state index is 10.2. The van der Waals surface area contributed by atoms with Crippen LogP contribution in [-0.4, -0.2) is 16.2 Å². The van der Waals surface area contributed by atoms with E-state index in [9.17, 15) is 5.11 Å². The summed E-state index contributed by atoms with van der Waals surface area (Å²) in [5, 5.41) is 10.2. The van der Waals surface area contributed by atoms with Gasteiger partial charge in [0.25, 0.3) is 0 Å². The van der Waals surface area contributed by atoms with E-state index >= 15 is 0 Å². The van der Waals surface area contributed by atoms with E-state index in [-0.39, 0.29) is 6.10 Å². The van der Waals surface area contributed by atoms with E-state index in [0.29, 0.717) is 12.3 Å². The summed E-state index contributed by atoms with van der Waals surface area (Å²) in [6.45, 7) is 0. The molecule has 0 spiro atoms. The highest BCUT2D eigenvalue weighted by atomic mass is 79.9. The predicted octanol–water partition coefficient (Wildman–Crippen LogP) is 2.79. The lowest BCUT2D eigenvalue weighted by Gasteiger charge is -2.11. The van der Waals surface area contributed by atoms with Crippen LogP contribution in [0.4, 0.5) is 0 Å². The molecular weight excluding hydrogens is 266 g/mol. The van der Waals surface area contributed by atoms with Crippen molar-refractivity contribution < 1.29 is 5.11 Å². The van der Waals surface area contributed by atoms with Gasteiger partial charge in [-0.3, -0.25) is 4.98 Å². The quantitative estimate of drug-likeness (QED) is 0.924. The van der Waals surface area contributed by atoms with Gasteiger partial charge in [-0.15, -0.1) is 0 Å². The van der Waals surface area contributed by atoms with Gasteiger partial charge in [0.1, 0.15) is 0 Å². The Labute approximate surface area is 104 Å². The smallest absolute Gasteiger partial charge is 0.0629 e. The van der Waals surface area contributed by atoms with Crippen LogP contribution in [0.5, 0.6) is 0 Å². The summed E-state index contributed by atoms with van der Waals surface area (Å²) in [7, 11) is 0. The van der Waals surface area contributed by atoms with E-state index < -0.39 is 0 Å². The fourth-order valence-corrected chi connectivity index (χ4v) is 3.56. The molecule has 1 aromatic rings. The molecule has 86 valence electrons. The van der Waals surface area contributed by atoms with E-state index in [1.807, 2.05) is 12.1 Å². The summed E-state index contributed by atoms with van der Waals surface area (Å²) in [6.07, 6.45) is 6.37. The standard InChI is InChI=1S/C13H16BrNO/c14-8-4-5-9(15-7-8)6-12(16)13-10-2-1-3-11(10)13/h4-5,7,10-13,16H,1-3,6H2. The van der Waals surface area contributed by atoms with Gasteiger partial charge < -0.3 is 5.11 Å². The zero-order chi connectivity index (χ0) is 11.1. The van der Waals surface area contributed by atoms with Gasteiger partial charge in [0.15, 0.2) is 0 Å². The molecule has 0 aromatic carbocycles. The molecule has 0 amide bonds. The monoisotopic (exact) mass is 281 g/mol. The van der Waals surface area contributed by atoms with E-state index in [0.717, 1.165) is 22.0 Å². The summed E-state index contributed by atoms with van der Waals surface area (Å²) in [5.74, 6) is 2.22. The molecule has 1 N–H and O–H groups in total. The number of rotatable bonds is 3. The molecule has 2 nitrogen and oxygen atoms in total. The number of hydrogen-bond donors (Lipinski definition) is 1. The van der Waals surface area contributed by atoms with E-state index in [4.69, 9.17) is 0 Å². The lowest BCUT2D eigenvalue weighted by molar-refractivity contribution is 0.134. The zero-order valence-corrected chi connectivity index (χ0v) is 10.7. The van der Waals surface area contributed by atoms with Crippen LogP contribution < -0.4 is 0 Å². The molecule has 0 bridgehead atoms. The van der Waals surface area contributed by atoms with E-state index in [1.54, 1.807) is 6.20 Å². The molecule has 0 saturated heterocycles. The highest BCUT2D eigenvalue weighted by molar-refractivity contribution is 9.10. The van der Waals surface area contributed by atoms with Crippen LogP contribution in [0.2, 0.25) is 0 Å². The molecule has 2 aliphatic rings. The van der Waals surface area contributed by atoms with Crippen molar-refractivity contribution in [1.82, 2.24) is 4.98 Å². The van der Waals surface area contributed by atoms with E-state index in [1.165, 1.54) is 19.3 Å². The Morgan fingerprint density at radius 2 is 2.12 bits per heavy atom. The molecule has 3 heteroatoms. The Bertz CT molecular complexity index is 368. The van der Waals surface area contributed by atoms with Crippen LogP contribution in [0.25, 0.3) is 0 Å². The second-order valence-corrected chi connectivity index (χ2v) is 5.99. The molecule has 1 heterocycles. The molecule has 2 aliphatic carbocycles. The zero-order valence-electron chi connectivity index (χ0n) is 9.14. The molecule has 2 fully saturated rings. The number of aliphatic hydroxyl groups excluding tert-OH is 1. The Hall–Kier alpha value is -0.410. The maximum absolute atomic E-state index is 10.2. The lowest BCUT2D eigenvalue weighted by Crippen LogP contribution is -2.17. The number of fused-ring (bicyclic) bond motifs is 1. The van der Waals surface area contributed by atoms with E-state index in [2.05, 4.69) is 20.9 Å². The second-order valence-electron chi connectivity index (χ2n) is 5.08. The summed E-state index contributed by atoms with van der Waals surface area (Å²) in [5.41, 5.74) is 1.00. The minimum Gasteiger partial charge on any atom is -0.392 e. The summed E-state index contributed by atoms with van der Waals surface area (Å²) < 4.78 is 0.994. The molecule has 1 aromatic heterocycles. The van der Waals surface area contributed by atoms with Gasteiger partial charge >= 0.3 is 0 Å². The molecule has 3 unspecified atom stereocenters. The average Bonchev–Trinajstić information content (AvgIpc) is 2.76. The van der Waals surface area contributed by atoms with Crippen molar-refractivity contribution in [2.45, 2.75) is 31.8 Å². The van der Waals surface area contributed by atoms with Gasteiger partial charge in [-0.25, -0.2) is 0 Å². The molecule has 3 rings (SSSR count). The normalized spacial score (nSPS) is 33.5. The van der Waals surface area contributed by atoms with Crippen LogP contribution in [0, 0.1) is 17.8 Å². The number of pyridine rings is 1. The average molecular weight is 282 g/mol. The number of aromatic nitrogens is 1. The fraction of sp³-hybridized carbons (Fsp3) is 0.615. The maximum Gasteiger partial charge on any atom is 0.0629 e. The van der Waals surface area contributed by atoms with Crippen molar-refractivity contribution in [3.8, 4) is 0 Å². The van der Waals surface area contributed by atoms with Crippen LogP contribution in [0.1, 0.15) is 25.0 Å². The second kappa shape index (κ2) is 4.11. The molecule has 0 radical (unpaired) electrons. The lowest BCUT2D eigenvalue weighted by atomic mass is 10.0. The van der Waals surface area contributed by atoms with Crippen molar-refractivity contribution in [3.63, 3.8) is 0 Å². The van der Waals surface area contributed by atoms with Gasteiger partial charge in [-0.2, -0.15) is 0 Å². The van der Waals surface area contributed by atoms with Crippen LogP contribution in [-0.2, 0) is 6.42 Å². The minimum atomic E-state index is -0.177. The first-order valence-electron chi connectivity index (χ1n) is 6.04. The predicted molar refractivity (Wildman–Crippen MR) is 66.0 cm³/mol. The first-order valence-corrected chi connectivity index (χ1v) is 6.83. The summed E-state index contributed by atoms with van der Waals surface area (Å²) in [4.78, 5) is 4.32. The van der Waals surface area contributed by atoms with Gasteiger partial charge in [0.05, 0.1) is 6.10 Å². The summed E-state index contributed by atoms with van der Waals surface area (Å²) in [6, 6.07) is 3.98. The number of nitrogens with zero attached hydrogens (tertiary/aromatic N) is 1. The Morgan fingerprint density at radius 3 is 2.75 bits per heavy atom. The van der Waals surface area contributed by atoms with Crippen molar-refractivity contribution in [1.29, 1.82) is 0 Å². The van der Waals surface area contributed by atoms with Crippen molar-refractivity contribution >= 4 is 15.9 Å². The van der Waals surface area contributed by atoms with Crippen molar-refractivity contribution in [2.24, 2.45) is 17.8 Å². The third kappa shape index (κ3) is 1.91. The largest absolute Gasteiger partial charge is 0.392 e. The molecule has 16 heavy (non-hydrogen) atoms. The fourth-order valence-electron chi connectivity index (χ4n) is 3.33.